The molecule has 2 N–H and O–H groups in total. The van der Waals surface area contributed by atoms with Crippen molar-refractivity contribution in [2.45, 2.75) is 70.9 Å². The lowest BCUT2D eigenvalue weighted by molar-refractivity contribution is 0.172. The number of likely N-dealkylation sites (N-methyl/N-ethyl adjacent to an activating group) is 1. The molecule has 0 radical (unpaired) electrons. The normalized spacial score (nSPS) is 14.8. The van der Waals surface area contributed by atoms with Crippen LogP contribution in [-0.4, -0.2) is 19.8 Å². The summed E-state index contributed by atoms with van der Waals surface area (Å²) in [6, 6.07) is 22.0. The number of unbranched alkanes of at least 4 members (excludes halogenated alkanes) is 2. The number of benzene rings is 2. The molecule has 0 heterocycles. The van der Waals surface area contributed by atoms with E-state index in [1.54, 1.807) is 0 Å². The van der Waals surface area contributed by atoms with Gasteiger partial charge in [0.1, 0.15) is 0 Å². The lowest BCUT2D eigenvalue weighted by Crippen LogP contribution is -2.58. The Morgan fingerprint density at radius 3 is 2.07 bits per heavy atom. The second kappa shape index (κ2) is 12.0. The minimum atomic E-state index is 0.0952. The Morgan fingerprint density at radius 2 is 1.50 bits per heavy atom. The molecule has 0 saturated heterocycles. The van der Waals surface area contributed by atoms with Gasteiger partial charge >= 0.3 is 0 Å². The second-order valence-electron chi connectivity index (χ2n) is 8.28. The molecule has 0 aliphatic rings. The van der Waals surface area contributed by atoms with Gasteiger partial charge in [-0.15, -0.1) is 0 Å². The Kier molecular flexibility index (Phi) is 9.73. The summed E-state index contributed by atoms with van der Waals surface area (Å²) in [6.07, 6.45) is 7.61. The standard InChI is InChI=1S/C26H40N2/c1-5-21-28-25(27-4)26(22(2)3,24-18-12-7-13-19-24)20-14-8-11-17-23-15-9-6-10-16-23/h6-7,9-10,12-13,15-16,18-19,22,25,27-28H,5,8,11,14,17,20-21H2,1-4H3. The first-order valence-electron chi connectivity index (χ1n) is 11.1. The number of rotatable bonds is 13. The van der Waals surface area contributed by atoms with Crippen molar-refractivity contribution in [3.63, 3.8) is 0 Å². The fourth-order valence-electron chi connectivity index (χ4n) is 4.56. The molecular weight excluding hydrogens is 340 g/mol. The predicted molar refractivity (Wildman–Crippen MR) is 123 cm³/mol. The van der Waals surface area contributed by atoms with E-state index >= 15 is 0 Å². The minimum absolute atomic E-state index is 0.0952. The third kappa shape index (κ3) is 5.93. The van der Waals surface area contributed by atoms with E-state index in [0.717, 1.165) is 13.0 Å². The molecule has 0 aliphatic carbocycles. The third-order valence-electron chi connectivity index (χ3n) is 6.14. The Balaban J connectivity index is 2.10. The fraction of sp³-hybridized carbons (Fsp3) is 0.538. The van der Waals surface area contributed by atoms with Crippen molar-refractivity contribution in [3.05, 3.63) is 71.8 Å². The number of hydrogen-bond donors (Lipinski definition) is 2. The molecule has 154 valence electrons. The van der Waals surface area contributed by atoms with E-state index in [1.807, 2.05) is 0 Å². The van der Waals surface area contributed by atoms with Gasteiger partial charge in [-0.25, -0.2) is 0 Å². The maximum Gasteiger partial charge on any atom is 0.0671 e. The molecule has 2 rings (SSSR count). The third-order valence-corrected chi connectivity index (χ3v) is 6.14. The van der Waals surface area contributed by atoms with Gasteiger partial charge in [-0.1, -0.05) is 94.3 Å². The summed E-state index contributed by atoms with van der Waals surface area (Å²) in [6.45, 7) is 8.05. The molecule has 2 aromatic carbocycles. The second-order valence-corrected chi connectivity index (χ2v) is 8.28. The van der Waals surface area contributed by atoms with Gasteiger partial charge in [-0.2, -0.15) is 0 Å². The fourth-order valence-corrected chi connectivity index (χ4v) is 4.56. The average molecular weight is 381 g/mol. The Labute approximate surface area is 173 Å². The summed E-state index contributed by atoms with van der Waals surface area (Å²) in [5.74, 6) is 0.547. The lowest BCUT2D eigenvalue weighted by atomic mass is 9.66. The smallest absolute Gasteiger partial charge is 0.0671 e. The largest absolute Gasteiger partial charge is 0.304 e. The highest BCUT2D eigenvalue weighted by molar-refractivity contribution is 5.29. The molecule has 0 amide bonds. The zero-order valence-electron chi connectivity index (χ0n) is 18.4. The molecule has 28 heavy (non-hydrogen) atoms. The highest BCUT2D eigenvalue weighted by Crippen LogP contribution is 2.40. The molecule has 2 nitrogen and oxygen atoms in total. The van der Waals surface area contributed by atoms with Crippen molar-refractivity contribution >= 4 is 0 Å². The van der Waals surface area contributed by atoms with Crippen molar-refractivity contribution in [2.24, 2.45) is 5.92 Å². The van der Waals surface area contributed by atoms with Crippen molar-refractivity contribution in [2.75, 3.05) is 13.6 Å². The molecule has 2 atom stereocenters. The van der Waals surface area contributed by atoms with Crippen LogP contribution in [0, 0.1) is 5.92 Å². The maximum absolute atomic E-state index is 3.80. The molecule has 0 aromatic heterocycles. The van der Waals surface area contributed by atoms with Crippen LogP contribution in [0.15, 0.2) is 60.7 Å². The van der Waals surface area contributed by atoms with Crippen LogP contribution in [-0.2, 0) is 11.8 Å². The summed E-state index contributed by atoms with van der Waals surface area (Å²) < 4.78 is 0. The van der Waals surface area contributed by atoms with E-state index in [0.29, 0.717) is 5.92 Å². The molecule has 2 heteroatoms. The SMILES string of the molecule is CCCNC(NC)C(CCCCCc1ccccc1)(c1ccccc1)C(C)C. The number of nitrogens with one attached hydrogen (secondary N) is 2. The van der Waals surface area contributed by atoms with Gasteiger partial charge in [0.05, 0.1) is 6.17 Å². The van der Waals surface area contributed by atoms with Crippen molar-refractivity contribution in [1.29, 1.82) is 0 Å². The number of aryl methyl sites for hydroxylation is 1. The maximum atomic E-state index is 3.80. The van der Waals surface area contributed by atoms with Gasteiger partial charge in [0.15, 0.2) is 0 Å². The van der Waals surface area contributed by atoms with Crippen molar-refractivity contribution in [3.8, 4) is 0 Å². The molecule has 0 bridgehead atoms. The van der Waals surface area contributed by atoms with Gasteiger partial charge < -0.3 is 10.6 Å². The lowest BCUT2D eigenvalue weighted by Gasteiger charge is -2.45. The van der Waals surface area contributed by atoms with Crippen LogP contribution in [0.3, 0.4) is 0 Å². The molecular formula is C26H40N2. The van der Waals surface area contributed by atoms with Crippen LogP contribution in [0.4, 0.5) is 0 Å². The van der Waals surface area contributed by atoms with Crippen LogP contribution in [0.5, 0.6) is 0 Å². The summed E-state index contributed by atoms with van der Waals surface area (Å²) in [7, 11) is 2.10. The van der Waals surface area contributed by atoms with Gasteiger partial charge in [0, 0.05) is 5.41 Å². The quantitative estimate of drug-likeness (QED) is 0.332. The van der Waals surface area contributed by atoms with Gasteiger partial charge in [-0.05, 0) is 56.3 Å². The highest BCUT2D eigenvalue weighted by Gasteiger charge is 2.41. The zero-order valence-corrected chi connectivity index (χ0v) is 18.4. The van der Waals surface area contributed by atoms with Crippen LogP contribution in [0.2, 0.25) is 0 Å². The van der Waals surface area contributed by atoms with Crippen LogP contribution < -0.4 is 10.6 Å². The van der Waals surface area contributed by atoms with Gasteiger partial charge in [0.25, 0.3) is 0 Å². The first-order chi connectivity index (χ1) is 13.6. The summed E-state index contributed by atoms with van der Waals surface area (Å²) in [5.41, 5.74) is 3.01. The van der Waals surface area contributed by atoms with E-state index in [-0.39, 0.29) is 11.6 Å². The van der Waals surface area contributed by atoms with E-state index < -0.39 is 0 Å². The van der Waals surface area contributed by atoms with Crippen LogP contribution in [0.25, 0.3) is 0 Å². The van der Waals surface area contributed by atoms with Crippen LogP contribution in [0.1, 0.15) is 64.0 Å². The first kappa shape index (κ1) is 22.6. The monoisotopic (exact) mass is 380 g/mol. The van der Waals surface area contributed by atoms with Gasteiger partial charge in [-0.3, -0.25) is 0 Å². The van der Waals surface area contributed by atoms with Gasteiger partial charge in [0.2, 0.25) is 0 Å². The molecule has 0 spiro atoms. The van der Waals surface area contributed by atoms with Crippen molar-refractivity contribution < 1.29 is 0 Å². The molecule has 0 saturated carbocycles. The molecule has 0 fully saturated rings. The molecule has 0 aliphatic heterocycles. The van der Waals surface area contributed by atoms with E-state index in [9.17, 15) is 0 Å². The highest BCUT2D eigenvalue weighted by atomic mass is 15.1. The topological polar surface area (TPSA) is 24.1 Å². The summed E-state index contributed by atoms with van der Waals surface area (Å²) in [5, 5.41) is 7.41. The Bertz CT molecular complexity index is 638. The first-order valence-corrected chi connectivity index (χ1v) is 11.1. The minimum Gasteiger partial charge on any atom is -0.304 e. The Morgan fingerprint density at radius 1 is 0.857 bits per heavy atom. The average Bonchev–Trinajstić information content (AvgIpc) is 2.73. The number of hydrogen-bond acceptors (Lipinski definition) is 2. The summed E-state index contributed by atoms with van der Waals surface area (Å²) >= 11 is 0. The van der Waals surface area contributed by atoms with E-state index in [1.165, 1.54) is 43.2 Å². The molecule has 2 aromatic rings. The van der Waals surface area contributed by atoms with E-state index in [4.69, 9.17) is 0 Å². The Hall–Kier alpha value is -1.64. The van der Waals surface area contributed by atoms with E-state index in [2.05, 4.69) is 99.1 Å². The summed E-state index contributed by atoms with van der Waals surface area (Å²) in [4.78, 5) is 0. The van der Waals surface area contributed by atoms with Crippen LogP contribution >= 0.6 is 0 Å². The molecule has 2 unspecified atom stereocenters. The zero-order chi connectivity index (χ0) is 20.2. The van der Waals surface area contributed by atoms with Crippen molar-refractivity contribution in [1.82, 2.24) is 10.6 Å². The predicted octanol–water partition coefficient (Wildman–Crippen LogP) is 5.93.